The Morgan fingerprint density at radius 2 is 1.80 bits per heavy atom. The number of primary amides is 2. The lowest BCUT2D eigenvalue weighted by atomic mass is 9.87. The Balaban J connectivity index is 2.42. The van der Waals surface area contributed by atoms with E-state index in [-0.39, 0.29) is 18.6 Å². The zero-order valence-corrected chi connectivity index (χ0v) is 8.48. The highest BCUT2D eigenvalue weighted by atomic mass is 16.6. The zero-order chi connectivity index (χ0) is 11.3. The number of hydrogen-bond acceptors (Lipinski definition) is 4. The van der Waals surface area contributed by atoms with Gasteiger partial charge >= 0.3 is 12.2 Å². The highest BCUT2D eigenvalue weighted by Crippen LogP contribution is 2.27. The molecule has 0 heterocycles. The molecule has 15 heavy (non-hydrogen) atoms. The lowest BCUT2D eigenvalue weighted by Gasteiger charge is -2.29. The fourth-order valence-electron chi connectivity index (χ4n) is 1.86. The second-order valence-electron chi connectivity index (χ2n) is 3.65. The molecule has 0 aromatic rings. The van der Waals surface area contributed by atoms with Gasteiger partial charge in [0.05, 0.1) is 6.61 Å². The molecule has 0 unspecified atom stereocenters. The van der Waals surface area contributed by atoms with Crippen LogP contribution in [-0.4, -0.2) is 24.9 Å². The van der Waals surface area contributed by atoms with Crippen molar-refractivity contribution in [1.29, 1.82) is 0 Å². The molecule has 0 spiro atoms. The van der Waals surface area contributed by atoms with Gasteiger partial charge in [-0.1, -0.05) is 6.42 Å². The Labute approximate surface area is 87.9 Å². The monoisotopic (exact) mass is 216 g/mol. The SMILES string of the molecule is NC(=O)OC[C@H]1CCCC[C@H]1OC(N)=O. The number of hydrogen-bond donors (Lipinski definition) is 2. The Morgan fingerprint density at radius 3 is 2.40 bits per heavy atom. The van der Waals surface area contributed by atoms with Crippen molar-refractivity contribution in [3.63, 3.8) is 0 Å². The van der Waals surface area contributed by atoms with Crippen molar-refractivity contribution >= 4 is 12.2 Å². The van der Waals surface area contributed by atoms with Crippen LogP contribution in [0.3, 0.4) is 0 Å². The molecule has 2 amide bonds. The van der Waals surface area contributed by atoms with E-state index in [0.717, 1.165) is 25.7 Å². The molecule has 1 rings (SSSR count). The molecule has 1 saturated carbocycles. The Kier molecular flexibility index (Phi) is 4.20. The van der Waals surface area contributed by atoms with Crippen LogP contribution in [0.4, 0.5) is 9.59 Å². The van der Waals surface area contributed by atoms with Gasteiger partial charge in [-0.2, -0.15) is 0 Å². The van der Waals surface area contributed by atoms with E-state index in [1.54, 1.807) is 0 Å². The van der Waals surface area contributed by atoms with E-state index >= 15 is 0 Å². The van der Waals surface area contributed by atoms with E-state index in [0.29, 0.717) is 0 Å². The van der Waals surface area contributed by atoms with Crippen LogP contribution in [-0.2, 0) is 9.47 Å². The molecule has 1 fully saturated rings. The third kappa shape index (κ3) is 4.05. The molecule has 0 saturated heterocycles. The largest absolute Gasteiger partial charge is 0.449 e. The topological polar surface area (TPSA) is 105 Å². The molecule has 0 bridgehead atoms. The van der Waals surface area contributed by atoms with Crippen LogP contribution in [0.1, 0.15) is 25.7 Å². The maximum absolute atomic E-state index is 10.6. The average Bonchev–Trinajstić information content (AvgIpc) is 2.15. The van der Waals surface area contributed by atoms with Gasteiger partial charge in [0.15, 0.2) is 0 Å². The zero-order valence-electron chi connectivity index (χ0n) is 8.48. The predicted molar refractivity (Wildman–Crippen MR) is 51.9 cm³/mol. The van der Waals surface area contributed by atoms with Gasteiger partial charge in [0, 0.05) is 5.92 Å². The van der Waals surface area contributed by atoms with Gasteiger partial charge in [-0.25, -0.2) is 9.59 Å². The maximum Gasteiger partial charge on any atom is 0.404 e. The molecule has 6 nitrogen and oxygen atoms in total. The van der Waals surface area contributed by atoms with E-state index in [1.165, 1.54) is 0 Å². The molecule has 2 atom stereocenters. The standard InChI is InChI=1S/C9H16N2O4/c10-8(12)14-5-6-3-1-2-4-7(6)15-9(11)13/h6-7H,1-5H2,(H2,10,12)(H2,11,13)/t6-,7-/m1/s1. The quantitative estimate of drug-likeness (QED) is 0.725. The van der Waals surface area contributed by atoms with Crippen molar-refractivity contribution in [3.8, 4) is 0 Å². The number of amides is 2. The summed E-state index contributed by atoms with van der Waals surface area (Å²) in [5, 5.41) is 0. The summed E-state index contributed by atoms with van der Waals surface area (Å²) in [5.74, 6) is 0.0127. The average molecular weight is 216 g/mol. The van der Waals surface area contributed by atoms with Gasteiger partial charge in [0.1, 0.15) is 6.10 Å². The summed E-state index contributed by atoms with van der Waals surface area (Å²) in [6, 6.07) is 0. The van der Waals surface area contributed by atoms with Crippen LogP contribution in [0.5, 0.6) is 0 Å². The third-order valence-corrected chi connectivity index (χ3v) is 2.55. The summed E-state index contributed by atoms with van der Waals surface area (Å²) < 4.78 is 9.64. The minimum atomic E-state index is -0.807. The van der Waals surface area contributed by atoms with E-state index in [2.05, 4.69) is 0 Å². The van der Waals surface area contributed by atoms with Gasteiger partial charge < -0.3 is 20.9 Å². The first-order valence-corrected chi connectivity index (χ1v) is 4.98. The molecule has 1 aliphatic carbocycles. The van der Waals surface area contributed by atoms with Crippen molar-refractivity contribution in [2.24, 2.45) is 17.4 Å². The summed E-state index contributed by atoms with van der Waals surface area (Å²) in [5.41, 5.74) is 9.81. The highest BCUT2D eigenvalue weighted by molar-refractivity contribution is 5.65. The summed E-state index contributed by atoms with van der Waals surface area (Å²) >= 11 is 0. The second kappa shape index (κ2) is 5.43. The van der Waals surface area contributed by atoms with Crippen molar-refractivity contribution in [2.45, 2.75) is 31.8 Å². The third-order valence-electron chi connectivity index (χ3n) is 2.55. The van der Waals surface area contributed by atoms with Crippen LogP contribution in [0.2, 0.25) is 0 Å². The van der Waals surface area contributed by atoms with Crippen molar-refractivity contribution < 1.29 is 19.1 Å². The van der Waals surface area contributed by atoms with Gasteiger partial charge in [0.25, 0.3) is 0 Å². The lowest BCUT2D eigenvalue weighted by Crippen LogP contribution is -2.35. The van der Waals surface area contributed by atoms with E-state index in [1.807, 2.05) is 0 Å². The van der Waals surface area contributed by atoms with Crippen LogP contribution in [0.15, 0.2) is 0 Å². The molecular weight excluding hydrogens is 200 g/mol. The molecule has 4 N–H and O–H groups in total. The minimum absolute atomic E-state index is 0.0127. The number of nitrogens with two attached hydrogens (primary N) is 2. The van der Waals surface area contributed by atoms with Gasteiger partial charge in [0.2, 0.25) is 0 Å². The van der Waals surface area contributed by atoms with Crippen molar-refractivity contribution in [3.05, 3.63) is 0 Å². The molecule has 6 heteroatoms. The van der Waals surface area contributed by atoms with E-state index in [9.17, 15) is 9.59 Å². The van der Waals surface area contributed by atoms with Crippen LogP contribution >= 0.6 is 0 Å². The van der Waals surface area contributed by atoms with Gasteiger partial charge in [-0.3, -0.25) is 0 Å². The first-order chi connectivity index (χ1) is 7.09. The van der Waals surface area contributed by atoms with Crippen molar-refractivity contribution in [2.75, 3.05) is 6.61 Å². The van der Waals surface area contributed by atoms with Crippen LogP contribution in [0.25, 0.3) is 0 Å². The molecule has 1 aliphatic rings. The molecular formula is C9H16N2O4. The Bertz CT molecular complexity index is 244. The minimum Gasteiger partial charge on any atom is -0.449 e. The Hall–Kier alpha value is -1.46. The summed E-state index contributed by atoms with van der Waals surface area (Å²) in [4.78, 5) is 21.1. The Morgan fingerprint density at radius 1 is 1.13 bits per heavy atom. The van der Waals surface area contributed by atoms with Crippen molar-refractivity contribution in [1.82, 2.24) is 0 Å². The first kappa shape index (κ1) is 11.6. The van der Waals surface area contributed by atoms with Crippen LogP contribution in [0, 0.1) is 5.92 Å². The molecule has 0 aliphatic heterocycles. The summed E-state index contributed by atoms with van der Waals surface area (Å²) in [6.07, 6.45) is 1.79. The molecule has 0 aromatic carbocycles. The molecule has 0 radical (unpaired) electrons. The van der Waals surface area contributed by atoms with Gasteiger partial charge in [-0.15, -0.1) is 0 Å². The number of ether oxygens (including phenoxy) is 2. The summed E-state index contributed by atoms with van der Waals surface area (Å²) in [7, 11) is 0. The number of carbonyl (C=O) groups is 2. The van der Waals surface area contributed by atoms with E-state index in [4.69, 9.17) is 20.9 Å². The fourth-order valence-corrected chi connectivity index (χ4v) is 1.86. The second-order valence-corrected chi connectivity index (χ2v) is 3.65. The first-order valence-electron chi connectivity index (χ1n) is 4.98. The normalized spacial score (nSPS) is 25.6. The molecule has 86 valence electrons. The number of rotatable bonds is 3. The maximum atomic E-state index is 10.6. The van der Waals surface area contributed by atoms with Gasteiger partial charge in [-0.05, 0) is 19.3 Å². The van der Waals surface area contributed by atoms with Crippen LogP contribution < -0.4 is 11.5 Å². The predicted octanol–water partition coefficient (Wildman–Crippen LogP) is 0.736. The summed E-state index contributed by atoms with van der Waals surface area (Å²) in [6.45, 7) is 0.188. The number of carbonyl (C=O) groups excluding carboxylic acids is 2. The smallest absolute Gasteiger partial charge is 0.404 e. The lowest BCUT2D eigenvalue weighted by molar-refractivity contribution is 0.0148. The van der Waals surface area contributed by atoms with E-state index < -0.39 is 12.2 Å². The highest BCUT2D eigenvalue weighted by Gasteiger charge is 2.28. The fraction of sp³-hybridized carbons (Fsp3) is 0.778. The molecule has 0 aromatic heterocycles.